The van der Waals surface area contributed by atoms with Gasteiger partial charge in [-0.05, 0) is 39.9 Å². The van der Waals surface area contributed by atoms with Crippen LogP contribution in [0.4, 0.5) is 13.2 Å². The number of aliphatic hydroxyl groups is 1. The number of hydrogen-bond acceptors (Lipinski definition) is 7. The van der Waals surface area contributed by atoms with E-state index in [9.17, 15) is 27.9 Å². The predicted octanol–water partition coefficient (Wildman–Crippen LogP) is 2.17. The lowest BCUT2D eigenvalue weighted by molar-refractivity contribution is -0.200. The molecule has 0 aliphatic carbocycles. The van der Waals surface area contributed by atoms with E-state index in [1.165, 1.54) is 16.8 Å². The van der Waals surface area contributed by atoms with E-state index in [0.29, 0.717) is 10.5 Å². The number of allylic oxidation sites excluding steroid dienone is 1. The minimum Gasteiger partial charge on any atom is -0.394 e. The van der Waals surface area contributed by atoms with Crippen LogP contribution in [0.2, 0.25) is 0 Å². The molecule has 2 saturated heterocycles. The van der Waals surface area contributed by atoms with Crippen molar-refractivity contribution in [3.8, 4) is 0 Å². The van der Waals surface area contributed by atoms with Crippen molar-refractivity contribution in [3.63, 3.8) is 0 Å². The number of amides is 1. The van der Waals surface area contributed by atoms with Gasteiger partial charge in [0.25, 0.3) is 5.56 Å². The Morgan fingerprint density at radius 1 is 1.33 bits per heavy atom. The molecule has 0 bridgehead atoms. The van der Waals surface area contributed by atoms with Gasteiger partial charge in [-0.2, -0.15) is 13.2 Å². The van der Waals surface area contributed by atoms with Crippen LogP contribution in [-0.2, 0) is 25.5 Å². The number of aromatic nitrogens is 2. The van der Waals surface area contributed by atoms with Gasteiger partial charge in [-0.25, -0.2) is 0 Å². The Bertz CT molecular complexity index is 1050. The quantitative estimate of drug-likeness (QED) is 0.462. The van der Waals surface area contributed by atoms with Gasteiger partial charge in [0.05, 0.1) is 18.7 Å². The third-order valence-corrected chi connectivity index (χ3v) is 5.54. The number of fused-ring (bicyclic) bond motifs is 1. The van der Waals surface area contributed by atoms with Crippen LogP contribution in [0.5, 0.6) is 0 Å². The normalized spacial score (nSPS) is 26.2. The van der Waals surface area contributed by atoms with Crippen molar-refractivity contribution in [2.75, 3.05) is 13.2 Å². The molecule has 0 radical (unpaired) electrons. The molecule has 1 amide bonds. The van der Waals surface area contributed by atoms with E-state index in [4.69, 9.17) is 26.4 Å². The van der Waals surface area contributed by atoms with Crippen LogP contribution in [0.1, 0.15) is 39.5 Å². The summed E-state index contributed by atoms with van der Waals surface area (Å²) in [5.41, 5.74) is -0.152. The maximum atomic E-state index is 13.1. The topological polar surface area (TPSA) is 106 Å². The van der Waals surface area contributed by atoms with Crippen LogP contribution in [0, 0.1) is 4.77 Å². The number of rotatable bonds is 6. The minimum atomic E-state index is -5.10. The van der Waals surface area contributed by atoms with Gasteiger partial charge < -0.3 is 24.2 Å². The Hall–Kier alpha value is -2.06. The Kier molecular flexibility index (Phi) is 7.20. The average molecular weight is 494 g/mol. The average Bonchev–Trinajstić information content (AvgIpc) is 3.18. The van der Waals surface area contributed by atoms with Gasteiger partial charge in [-0.15, -0.1) is 0 Å². The standard InChI is InChI=1S/C20H26F3N3O6S/c1-10(2)5-6-25(17(29)20(21,22)23)7-11-8-26(18(33)24-15(11)28)16-14-13(12(9-27)30-16)31-19(3,4)32-14/h5,8,12-14,16,27H,6-7,9H2,1-4H3,(H,24,28,33). The second-order valence-corrected chi connectivity index (χ2v) is 8.98. The molecule has 13 heteroatoms. The first-order valence-electron chi connectivity index (χ1n) is 10.2. The number of H-pyrrole nitrogens is 1. The van der Waals surface area contributed by atoms with E-state index in [0.717, 1.165) is 0 Å². The molecule has 2 fully saturated rings. The van der Waals surface area contributed by atoms with Crippen LogP contribution < -0.4 is 5.56 Å². The molecule has 2 aliphatic rings. The molecule has 2 N–H and O–H groups in total. The first-order chi connectivity index (χ1) is 15.2. The molecule has 0 saturated carbocycles. The molecule has 0 spiro atoms. The molecule has 184 valence electrons. The molecule has 9 nitrogen and oxygen atoms in total. The Morgan fingerprint density at radius 3 is 2.55 bits per heavy atom. The van der Waals surface area contributed by atoms with E-state index in [1.54, 1.807) is 27.7 Å². The molecule has 2 aliphatic heterocycles. The summed E-state index contributed by atoms with van der Waals surface area (Å²) in [6.45, 7) is 5.44. The first kappa shape index (κ1) is 25.6. The van der Waals surface area contributed by atoms with Crippen molar-refractivity contribution in [1.82, 2.24) is 14.5 Å². The van der Waals surface area contributed by atoms with Crippen LogP contribution in [0.15, 0.2) is 22.6 Å². The summed E-state index contributed by atoms with van der Waals surface area (Å²) in [7, 11) is 0. The maximum Gasteiger partial charge on any atom is 0.471 e. The number of halogens is 3. The zero-order valence-corrected chi connectivity index (χ0v) is 19.3. The number of carbonyl (C=O) groups excluding carboxylic acids is 1. The molecule has 1 aromatic rings. The van der Waals surface area contributed by atoms with Crippen molar-refractivity contribution in [2.45, 2.75) is 70.7 Å². The number of ether oxygens (including phenoxy) is 3. The monoisotopic (exact) mass is 493 g/mol. The van der Waals surface area contributed by atoms with Gasteiger partial charge in [0.1, 0.15) is 18.3 Å². The summed E-state index contributed by atoms with van der Waals surface area (Å²) in [6, 6.07) is 0. The summed E-state index contributed by atoms with van der Waals surface area (Å²) in [5, 5.41) is 9.67. The highest BCUT2D eigenvalue weighted by Gasteiger charge is 2.55. The number of nitrogens with one attached hydrogen (secondary N) is 1. The Labute approximate surface area is 192 Å². The number of aromatic amines is 1. The predicted molar refractivity (Wildman–Crippen MR) is 112 cm³/mol. The first-order valence-corrected chi connectivity index (χ1v) is 10.6. The fourth-order valence-electron chi connectivity index (χ4n) is 3.76. The fourth-order valence-corrected chi connectivity index (χ4v) is 4.00. The van der Waals surface area contributed by atoms with Gasteiger partial charge in [0.2, 0.25) is 0 Å². The number of hydrogen-bond donors (Lipinski definition) is 2. The van der Waals surface area contributed by atoms with Gasteiger partial charge in [-0.1, -0.05) is 11.6 Å². The maximum absolute atomic E-state index is 13.1. The number of aliphatic hydroxyl groups excluding tert-OH is 1. The van der Waals surface area contributed by atoms with Crippen molar-refractivity contribution < 1.29 is 37.3 Å². The lowest BCUT2D eigenvalue weighted by Gasteiger charge is -2.26. The smallest absolute Gasteiger partial charge is 0.394 e. The molecule has 3 rings (SSSR count). The second-order valence-electron chi connectivity index (χ2n) is 8.60. The highest BCUT2D eigenvalue weighted by Crippen LogP contribution is 2.42. The van der Waals surface area contributed by atoms with Crippen molar-refractivity contribution in [3.05, 3.63) is 38.5 Å². The van der Waals surface area contributed by atoms with Gasteiger partial charge in [-0.3, -0.25) is 19.1 Å². The third-order valence-electron chi connectivity index (χ3n) is 5.23. The number of alkyl halides is 3. The Morgan fingerprint density at radius 2 is 1.97 bits per heavy atom. The minimum absolute atomic E-state index is 0.0580. The molecule has 4 unspecified atom stereocenters. The zero-order valence-electron chi connectivity index (χ0n) is 18.5. The lowest BCUT2D eigenvalue weighted by atomic mass is 10.1. The van der Waals surface area contributed by atoms with E-state index < -0.39 is 54.5 Å². The van der Waals surface area contributed by atoms with Gasteiger partial charge in [0.15, 0.2) is 16.8 Å². The summed E-state index contributed by atoms with van der Waals surface area (Å²) < 4.78 is 58.2. The van der Waals surface area contributed by atoms with Crippen LogP contribution in [0.25, 0.3) is 0 Å². The SMILES string of the molecule is CC(C)=CCN(Cc1cn(C2OC(CO)C3OC(C)(C)OC32)c(=S)[nH]c1=O)C(=O)C(F)(F)F. The molecular weight excluding hydrogens is 467 g/mol. The van der Waals surface area contributed by atoms with Crippen LogP contribution in [0.3, 0.4) is 0 Å². The van der Waals surface area contributed by atoms with Crippen molar-refractivity contribution >= 4 is 18.1 Å². The zero-order chi connectivity index (χ0) is 24.7. The molecule has 1 aromatic heterocycles. The highest BCUT2D eigenvalue weighted by atomic mass is 32.1. The summed E-state index contributed by atoms with van der Waals surface area (Å²) in [4.78, 5) is 27.4. The van der Waals surface area contributed by atoms with Crippen LogP contribution >= 0.6 is 12.2 Å². The number of nitrogens with zero attached hydrogens (tertiary/aromatic N) is 2. The van der Waals surface area contributed by atoms with E-state index in [-0.39, 0.29) is 23.5 Å². The second kappa shape index (κ2) is 9.29. The fraction of sp³-hybridized carbons (Fsp3) is 0.650. The lowest BCUT2D eigenvalue weighted by Crippen LogP contribution is -2.42. The largest absolute Gasteiger partial charge is 0.471 e. The summed E-state index contributed by atoms with van der Waals surface area (Å²) >= 11 is 5.24. The van der Waals surface area contributed by atoms with Crippen molar-refractivity contribution in [1.29, 1.82) is 0 Å². The summed E-state index contributed by atoms with van der Waals surface area (Å²) in [5.74, 6) is -3.03. The highest BCUT2D eigenvalue weighted by molar-refractivity contribution is 7.71. The Balaban J connectivity index is 1.97. The van der Waals surface area contributed by atoms with Gasteiger partial charge >= 0.3 is 12.1 Å². The van der Waals surface area contributed by atoms with E-state index >= 15 is 0 Å². The molecule has 33 heavy (non-hydrogen) atoms. The number of carbonyl (C=O) groups is 1. The van der Waals surface area contributed by atoms with Crippen LogP contribution in [-0.4, -0.2) is 68.9 Å². The van der Waals surface area contributed by atoms with Crippen molar-refractivity contribution in [2.24, 2.45) is 0 Å². The third kappa shape index (κ3) is 5.54. The van der Waals surface area contributed by atoms with Gasteiger partial charge in [0, 0.05) is 12.7 Å². The molecular formula is C20H26F3N3O6S. The molecule has 0 aromatic carbocycles. The van der Waals surface area contributed by atoms with E-state index in [1.807, 2.05) is 0 Å². The summed E-state index contributed by atoms with van der Waals surface area (Å²) in [6.07, 6.45) is -5.37. The van der Waals surface area contributed by atoms with E-state index in [2.05, 4.69) is 4.98 Å². The molecule has 3 heterocycles. The molecule has 4 atom stereocenters.